The summed E-state index contributed by atoms with van der Waals surface area (Å²) >= 11 is 1.44. The Labute approximate surface area is 132 Å². The van der Waals surface area contributed by atoms with E-state index in [9.17, 15) is 4.79 Å². The zero-order valence-corrected chi connectivity index (χ0v) is 13.5. The number of hydrogen-bond donors (Lipinski definition) is 1. The molecule has 0 aliphatic heterocycles. The predicted molar refractivity (Wildman–Crippen MR) is 90.0 cm³/mol. The molecule has 1 heterocycles. The van der Waals surface area contributed by atoms with Gasteiger partial charge in [-0.1, -0.05) is 35.1 Å². The normalized spacial score (nSPS) is 10.7. The predicted octanol–water partition coefficient (Wildman–Crippen LogP) is 4.17. The minimum atomic E-state index is -0.140. The van der Waals surface area contributed by atoms with Crippen LogP contribution in [0.4, 0.5) is 5.13 Å². The first-order valence-corrected chi connectivity index (χ1v) is 7.72. The molecule has 3 rings (SSSR count). The average Bonchev–Trinajstić information content (AvgIpc) is 2.91. The number of methoxy groups -OCH3 is 1. The fourth-order valence-electron chi connectivity index (χ4n) is 2.29. The molecule has 0 bridgehead atoms. The topological polar surface area (TPSA) is 51.2 Å². The van der Waals surface area contributed by atoms with Crippen molar-refractivity contribution in [2.45, 2.75) is 13.8 Å². The molecular formula is C17H16N2O2S. The second kappa shape index (κ2) is 5.77. The first-order valence-electron chi connectivity index (χ1n) is 6.90. The Hall–Kier alpha value is -2.40. The molecule has 0 saturated heterocycles. The zero-order valence-electron chi connectivity index (χ0n) is 12.6. The maximum absolute atomic E-state index is 12.4. The van der Waals surface area contributed by atoms with Gasteiger partial charge in [0.2, 0.25) is 0 Å². The van der Waals surface area contributed by atoms with Gasteiger partial charge in [0.15, 0.2) is 5.13 Å². The van der Waals surface area contributed by atoms with Crippen LogP contribution in [0, 0.1) is 13.8 Å². The number of fused-ring (bicyclic) bond motifs is 1. The van der Waals surface area contributed by atoms with Crippen LogP contribution >= 0.6 is 11.3 Å². The Morgan fingerprint density at radius 2 is 2.05 bits per heavy atom. The van der Waals surface area contributed by atoms with Crippen LogP contribution in [0.3, 0.4) is 0 Å². The third kappa shape index (κ3) is 2.67. The van der Waals surface area contributed by atoms with Gasteiger partial charge in [-0.15, -0.1) is 0 Å². The number of benzene rings is 2. The molecule has 0 aliphatic carbocycles. The van der Waals surface area contributed by atoms with Crippen molar-refractivity contribution in [3.63, 3.8) is 0 Å². The maximum atomic E-state index is 12.4. The third-order valence-electron chi connectivity index (χ3n) is 3.46. The van der Waals surface area contributed by atoms with E-state index in [0.29, 0.717) is 16.4 Å². The molecule has 2 aromatic carbocycles. The molecule has 0 saturated carbocycles. The van der Waals surface area contributed by atoms with Gasteiger partial charge < -0.3 is 4.74 Å². The van der Waals surface area contributed by atoms with Crippen LogP contribution < -0.4 is 10.1 Å². The highest BCUT2D eigenvalue weighted by atomic mass is 32.1. The number of ether oxygens (including phenoxy) is 1. The summed E-state index contributed by atoms with van der Waals surface area (Å²) in [5.74, 6) is 0.570. The Kier molecular flexibility index (Phi) is 3.81. The van der Waals surface area contributed by atoms with Gasteiger partial charge in [-0.05, 0) is 37.6 Å². The Balaban J connectivity index is 1.93. The summed E-state index contributed by atoms with van der Waals surface area (Å²) in [7, 11) is 1.61. The van der Waals surface area contributed by atoms with Gasteiger partial charge in [0.1, 0.15) is 11.3 Å². The maximum Gasteiger partial charge on any atom is 0.257 e. The smallest absolute Gasteiger partial charge is 0.257 e. The summed E-state index contributed by atoms with van der Waals surface area (Å²) in [6.45, 7) is 3.90. The van der Waals surface area contributed by atoms with Crippen LogP contribution in [-0.2, 0) is 0 Å². The fraction of sp³-hybridized carbons (Fsp3) is 0.176. The number of carbonyl (C=O) groups is 1. The molecule has 0 radical (unpaired) electrons. The van der Waals surface area contributed by atoms with E-state index in [-0.39, 0.29) is 5.91 Å². The molecule has 0 unspecified atom stereocenters. The summed E-state index contributed by atoms with van der Waals surface area (Å²) in [6.07, 6.45) is 0. The number of amides is 1. The lowest BCUT2D eigenvalue weighted by atomic mass is 10.1. The van der Waals surface area contributed by atoms with Gasteiger partial charge in [-0.3, -0.25) is 10.1 Å². The van der Waals surface area contributed by atoms with Crippen LogP contribution in [0.25, 0.3) is 10.2 Å². The second-order valence-electron chi connectivity index (χ2n) is 5.10. The molecule has 22 heavy (non-hydrogen) atoms. The monoisotopic (exact) mass is 312 g/mol. The Bertz CT molecular complexity index is 855. The molecule has 5 heteroatoms. The van der Waals surface area contributed by atoms with Crippen molar-refractivity contribution < 1.29 is 9.53 Å². The molecule has 0 aliphatic rings. The van der Waals surface area contributed by atoms with Gasteiger partial charge in [-0.2, -0.15) is 0 Å². The summed E-state index contributed by atoms with van der Waals surface area (Å²) in [6, 6.07) is 11.6. The SMILES string of the molecule is COc1cccc2sc(NC(=O)c3cc(C)ccc3C)nc12. The molecule has 1 N–H and O–H groups in total. The highest BCUT2D eigenvalue weighted by Gasteiger charge is 2.13. The van der Waals surface area contributed by atoms with Crippen LogP contribution in [0.2, 0.25) is 0 Å². The van der Waals surface area contributed by atoms with Crippen molar-refractivity contribution in [3.05, 3.63) is 53.1 Å². The van der Waals surface area contributed by atoms with Crippen LogP contribution in [0.15, 0.2) is 36.4 Å². The summed E-state index contributed by atoms with van der Waals surface area (Å²) in [5, 5.41) is 3.45. The number of aromatic nitrogens is 1. The fourth-order valence-corrected chi connectivity index (χ4v) is 3.16. The quantitative estimate of drug-likeness (QED) is 0.789. The van der Waals surface area contributed by atoms with E-state index in [4.69, 9.17) is 4.74 Å². The first-order chi connectivity index (χ1) is 10.6. The van der Waals surface area contributed by atoms with Crippen molar-refractivity contribution in [3.8, 4) is 5.75 Å². The second-order valence-corrected chi connectivity index (χ2v) is 6.13. The lowest BCUT2D eigenvalue weighted by Gasteiger charge is -2.06. The van der Waals surface area contributed by atoms with Crippen LogP contribution in [0.1, 0.15) is 21.5 Å². The molecule has 112 valence electrons. The lowest BCUT2D eigenvalue weighted by molar-refractivity contribution is 0.102. The number of nitrogens with one attached hydrogen (secondary N) is 1. The van der Waals surface area contributed by atoms with Crippen molar-refractivity contribution in [1.82, 2.24) is 4.98 Å². The van der Waals surface area contributed by atoms with Gasteiger partial charge in [-0.25, -0.2) is 4.98 Å². The van der Waals surface area contributed by atoms with Gasteiger partial charge in [0.05, 0.1) is 11.8 Å². The van der Waals surface area contributed by atoms with E-state index in [1.54, 1.807) is 7.11 Å². The van der Waals surface area contributed by atoms with E-state index < -0.39 is 0 Å². The van der Waals surface area contributed by atoms with E-state index in [1.165, 1.54) is 11.3 Å². The summed E-state index contributed by atoms with van der Waals surface area (Å²) in [5.41, 5.74) is 3.45. The molecule has 4 nitrogen and oxygen atoms in total. The van der Waals surface area contributed by atoms with Crippen molar-refractivity contribution >= 4 is 32.6 Å². The number of hydrogen-bond acceptors (Lipinski definition) is 4. The molecule has 1 amide bonds. The van der Waals surface area contributed by atoms with E-state index in [0.717, 1.165) is 21.3 Å². The number of carbonyl (C=O) groups excluding carboxylic acids is 1. The minimum Gasteiger partial charge on any atom is -0.494 e. The number of aryl methyl sites for hydroxylation is 2. The van der Waals surface area contributed by atoms with Gasteiger partial charge in [0.25, 0.3) is 5.91 Å². The third-order valence-corrected chi connectivity index (χ3v) is 4.40. The molecule has 1 aromatic heterocycles. The average molecular weight is 312 g/mol. The molecule has 0 atom stereocenters. The Morgan fingerprint density at radius 1 is 1.23 bits per heavy atom. The van der Waals surface area contributed by atoms with Gasteiger partial charge in [0, 0.05) is 5.56 Å². The van der Waals surface area contributed by atoms with E-state index in [2.05, 4.69) is 10.3 Å². The Morgan fingerprint density at radius 3 is 2.82 bits per heavy atom. The van der Waals surface area contributed by atoms with Crippen molar-refractivity contribution in [1.29, 1.82) is 0 Å². The largest absolute Gasteiger partial charge is 0.494 e. The molecule has 0 spiro atoms. The summed E-state index contributed by atoms with van der Waals surface area (Å²) in [4.78, 5) is 16.9. The number of rotatable bonds is 3. The van der Waals surface area contributed by atoms with E-state index in [1.807, 2.05) is 50.2 Å². The van der Waals surface area contributed by atoms with Crippen molar-refractivity contribution in [2.75, 3.05) is 12.4 Å². The number of thiazole rings is 1. The number of para-hydroxylation sites is 1. The number of anilines is 1. The minimum absolute atomic E-state index is 0.140. The van der Waals surface area contributed by atoms with Crippen LogP contribution in [-0.4, -0.2) is 18.0 Å². The van der Waals surface area contributed by atoms with E-state index >= 15 is 0 Å². The number of nitrogens with zero attached hydrogens (tertiary/aromatic N) is 1. The molecule has 0 fully saturated rings. The molecule has 3 aromatic rings. The first kappa shape index (κ1) is 14.5. The van der Waals surface area contributed by atoms with Gasteiger partial charge >= 0.3 is 0 Å². The summed E-state index contributed by atoms with van der Waals surface area (Å²) < 4.78 is 6.28. The standard InChI is InChI=1S/C17H16N2O2S/c1-10-7-8-11(2)12(9-10)16(20)19-17-18-15-13(21-3)5-4-6-14(15)22-17/h4-9H,1-3H3,(H,18,19,20). The van der Waals surface area contributed by atoms with Crippen molar-refractivity contribution in [2.24, 2.45) is 0 Å². The van der Waals surface area contributed by atoms with Crippen LogP contribution in [0.5, 0.6) is 5.75 Å². The molecular weight excluding hydrogens is 296 g/mol. The highest BCUT2D eigenvalue weighted by molar-refractivity contribution is 7.22. The highest BCUT2D eigenvalue weighted by Crippen LogP contribution is 2.32. The zero-order chi connectivity index (χ0) is 15.7. The lowest BCUT2D eigenvalue weighted by Crippen LogP contribution is -2.13.